The third-order valence-electron chi connectivity index (χ3n) is 3.41. The molecule has 0 aliphatic carbocycles. The topological polar surface area (TPSA) is 18.5 Å². The van der Waals surface area contributed by atoms with Gasteiger partial charge in [0, 0.05) is 15.6 Å². The molecule has 0 aromatic heterocycles. The molecule has 0 saturated carbocycles. The van der Waals surface area contributed by atoms with Crippen LogP contribution in [0.4, 0.5) is 0 Å². The molecule has 1 atom stereocenters. The molecule has 3 rings (SSSR count). The Morgan fingerprint density at radius 1 is 1.10 bits per heavy atom. The van der Waals surface area contributed by atoms with Gasteiger partial charge >= 0.3 is 0 Å². The van der Waals surface area contributed by atoms with Gasteiger partial charge in [-0.25, -0.2) is 0 Å². The monoisotopic (exact) mass is 430 g/mol. The van der Waals surface area contributed by atoms with Gasteiger partial charge in [-0.1, -0.05) is 55.6 Å². The van der Waals surface area contributed by atoms with Gasteiger partial charge in [0.25, 0.3) is 0 Å². The van der Waals surface area contributed by atoms with Crippen LogP contribution in [0.3, 0.4) is 0 Å². The summed E-state index contributed by atoms with van der Waals surface area (Å²) in [7, 11) is 0. The first kappa shape index (κ1) is 15.2. The second-order valence-electron chi connectivity index (χ2n) is 4.89. The number of hydrogen-bond acceptors (Lipinski definition) is 2. The Hall–Kier alpha value is -0.710. The highest BCUT2D eigenvalue weighted by Gasteiger charge is 2.20. The Labute approximate surface area is 145 Å². The van der Waals surface area contributed by atoms with E-state index in [2.05, 4.69) is 50.9 Å². The van der Waals surface area contributed by atoms with Crippen LogP contribution < -0.4 is 9.47 Å². The van der Waals surface area contributed by atoms with Crippen LogP contribution in [0, 0.1) is 6.92 Å². The van der Waals surface area contributed by atoms with Crippen molar-refractivity contribution >= 4 is 43.5 Å². The first-order valence-corrected chi connectivity index (χ1v) is 8.64. The first-order chi connectivity index (χ1) is 10.1. The van der Waals surface area contributed by atoms with Crippen LogP contribution in [0.15, 0.2) is 34.8 Å². The molecule has 0 radical (unpaired) electrons. The van der Waals surface area contributed by atoms with Crippen molar-refractivity contribution < 1.29 is 9.47 Å². The molecule has 0 N–H and O–H groups in total. The van der Waals surface area contributed by atoms with E-state index in [-0.39, 0.29) is 4.83 Å². The third kappa shape index (κ3) is 3.08. The quantitative estimate of drug-likeness (QED) is 0.570. The summed E-state index contributed by atoms with van der Waals surface area (Å²) in [6.45, 7) is 3.20. The van der Waals surface area contributed by atoms with Gasteiger partial charge in [0.15, 0.2) is 11.5 Å². The van der Waals surface area contributed by atoms with Crippen molar-refractivity contribution in [1.82, 2.24) is 0 Å². The number of hydrogen-bond donors (Lipinski definition) is 0. The smallest absolute Gasteiger partial charge is 0.162 e. The van der Waals surface area contributed by atoms with E-state index in [1.165, 1.54) is 5.56 Å². The summed E-state index contributed by atoms with van der Waals surface area (Å²) in [6.07, 6.45) is 0. The lowest BCUT2D eigenvalue weighted by molar-refractivity contribution is 0.171. The maximum atomic E-state index is 6.40. The molecule has 110 valence electrons. The number of ether oxygens (including phenoxy) is 2. The second-order valence-corrected chi connectivity index (χ2v) is 7.07. The minimum Gasteiger partial charge on any atom is -0.486 e. The van der Waals surface area contributed by atoms with Crippen LogP contribution in [0.2, 0.25) is 5.02 Å². The Morgan fingerprint density at radius 2 is 1.76 bits per heavy atom. The second kappa shape index (κ2) is 6.19. The predicted molar refractivity (Wildman–Crippen MR) is 92.1 cm³/mol. The van der Waals surface area contributed by atoms with Crippen molar-refractivity contribution in [2.75, 3.05) is 13.2 Å². The molecule has 0 fully saturated rings. The van der Waals surface area contributed by atoms with Crippen molar-refractivity contribution in [3.05, 3.63) is 56.5 Å². The Morgan fingerprint density at radius 3 is 2.43 bits per heavy atom. The zero-order valence-corrected chi connectivity index (χ0v) is 15.3. The number of alkyl halides is 1. The van der Waals surface area contributed by atoms with Crippen LogP contribution in [0.1, 0.15) is 21.5 Å². The molecule has 1 heterocycles. The minimum absolute atomic E-state index is 0.00706. The average molecular weight is 433 g/mol. The van der Waals surface area contributed by atoms with Gasteiger partial charge in [0.1, 0.15) is 13.2 Å². The lowest BCUT2D eigenvalue weighted by Gasteiger charge is -2.21. The standard InChI is InChI=1S/C16H13Br2ClO2/c1-9-6-10(2-3-12(9)17)16(18)11-7-14-15(8-13(11)19)21-5-4-20-14/h2-3,6-8,16H,4-5H2,1H3. The number of fused-ring (bicyclic) bond motifs is 1. The van der Waals surface area contributed by atoms with E-state index in [1.807, 2.05) is 18.2 Å². The molecule has 1 aliphatic heterocycles. The number of halogens is 3. The lowest BCUT2D eigenvalue weighted by atomic mass is 10.0. The van der Waals surface area contributed by atoms with Crippen molar-refractivity contribution in [2.24, 2.45) is 0 Å². The Balaban J connectivity index is 2.00. The molecule has 0 amide bonds. The van der Waals surface area contributed by atoms with Crippen LogP contribution in [-0.2, 0) is 0 Å². The van der Waals surface area contributed by atoms with Crippen molar-refractivity contribution in [3.63, 3.8) is 0 Å². The van der Waals surface area contributed by atoms with E-state index in [0.717, 1.165) is 21.3 Å². The number of aryl methyl sites for hydroxylation is 1. The summed E-state index contributed by atoms with van der Waals surface area (Å²) in [5.41, 5.74) is 3.31. The molecular formula is C16H13Br2ClO2. The van der Waals surface area contributed by atoms with E-state index >= 15 is 0 Å². The van der Waals surface area contributed by atoms with E-state index in [1.54, 1.807) is 0 Å². The summed E-state index contributed by atoms with van der Waals surface area (Å²) < 4.78 is 12.3. The van der Waals surface area contributed by atoms with Crippen molar-refractivity contribution in [3.8, 4) is 11.5 Å². The summed E-state index contributed by atoms with van der Waals surface area (Å²) in [5.74, 6) is 1.46. The first-order valence-electron chi connectivity index (χ1n) is 6.55. The average Bonchev–Trinajstić information content (AvgIpc) is 2.48. The largest absolute Gasteiger partial charge is 0.486 e. The van der Waals surface area contributed by atoms with Gasteiger partial charge in [-0.15, -0.1) is 0 Å². The SMILES string of the molecule is Cc1cc(C(Br)c2cc3c(cc2Cl)OCCO3)ccc1Br. The Bertz CT molecular complexity index is 688. The number of benzene rings is 2. The fourth-order valence-corrected chi connectivity index (χ4v) is 3.58. The zero-order chi connectivity index (χ0) is 15.0. The molecule has 1 aliphatic rings. The maximum absolute atomic E-state index is 6.40. The van der Waals surface area contributed by atoms with Gasteiger partial charge in [-0.2, -0.15) is 0 Å². The van der Waals surface area contributed by atoms with E-state index in [4.69, 9.17) is 21.1 Å². The third-order valence-corrected chi connectivity index (χ3v) is 5.65. The predicted octanol–water partition coefficient (Wildman–Crippen LogP) is 5.67. The highest BCUT2D eigenvalue weighted by molar-refractivity contribution is 9.10. The van der Waals surface area contributed by atoms with Crippen LogP contribution in [0.25, 0.3) is 0 Å². The maximum Gasteiger partial charge on any atom is 0.162 e. The molecule has 0 spiro atoms. The molecule has 2 aromatic carbocycles. The summed E-state index contributed by atoms with van der Waals surface area (Å²) >= 11 is 13.7. The van der Waals surface area contributed by atoms with Gasteiger partial charge in [-0.05, 0) is 35.7 Å². The molecule has 1 unspecified atom stereocenters. The highest BCUT2D eigenvalue weighted by Crippen LogP contribution is 2.42. The normalized spacial score (nSPS) is 14.9. The molecule has 0 bridgehead atoms. The van der Waals surface area contributed by atoms with Gasteiger partial charge in [-0.3, -0.25) is 0 Å². The van der Waals surface area contributed by atoms with Crippen LogP contribution in [-0.4, -0.2) is 13.2 Å². The van der Waals surface area contributed by atoms with E-state index in [0.29, 0.717) is 24.0 Å². The zero-order valence-electron chi connectivity index (χ0n) is 11.3. The van der Waals surface area contributed by atoms with E-state index < -0.39 is 0 Å². The summed E-state index contributed by atoms with van der Waals surface area (Å²) in [4.78, 5) is 0.00706. The van der Waals surface area contributed by atoms with Gasteiger partial charge < -0.3 is 9.47 Å². The molecular weight excluding hydrogens is 419 g/mol. The van der Waals surface area contributed by atoms with Crippen LogP contribution in [0.5, 0.6) is 11.5 Å². The molecule has 0 saturated heterocycles. The Kier molecular flexibility index (Phi) is 4.48. The van der Waals surface area contributed by atoms with Gasteiger partial charge in [0.2, 0.25) is 0 Å². The fraction of sp³-hybridized carbons (Fsp3) is 0.250. The summed E-state index contributed by atoms with van der Waals surface area (Å²) in [6, 6.07) is 10.0. The molecule has 5 heteroatoms. The molecule has 2 aromatic rings. The van der Waals surface area contributed by atoms with E-state index in [9.17, 15) is 0 Å². The van der Waals surface area contributed by atoms with Gasteiger partial charge in [0.05, 0.1) is 4.83 Å². The highest BCUT2D eigenvalue weighted by atomic mass is 79.9. The van der Waals surface area contributed by atoms with Crippen molar-refractivity contribution in [1.29, 1.82) is 0 Å². The minimum atomic E-state index is 0.00706. The number of rotatable bonds is 2. The van der Waals surface area contributed by atoms with Crippen molar-refractivity contribution in [2.45, 2.75) is 11.8 Å². The molecule has 2 nitrogen and oxygen atoms in total. The summed E-state index contributed by atoms with van der Waals surface area (Å²) in [5, 5.41) is 0.668. The van der Waals surface area contributed by atoms with Crippen LogP contribution >= 0.6 is 43.5 Å². The lowest BCUT2D eigenvalue weighted by Crippen LogP contribution is -2.15. The molecule has 21 heavy (non-hydrogen) atoms. The fourth-order valence-electron chi connectivity index (χ4n) is 2.28.